The van der Waals surface area contributed by atoms with Crippen molar-refractivity contribution in [1.82, 2.24) is 4.57 Å². The fourth-order valence-electron chi connectivity index (χ4n) is 2.60. The van der Waals surface area contributed by atoms with E-state index in [1.54, 1.807) is 37.4 Å². The van der Waals surface area contributed by atoms with Crippen molar-refractivity contribution in [2.45, 2.75) is 6.54 Å². The minimum Gasteiger partial charge on any atom is -0.493 e. The van der Waals surface area contributed by atoms with Crippen LogP contribution >= 0.6 is 0 Å². The van der Waals surface area contributed by atoms with Gasteiger partial charge in [-0.2, -0.15) is 0 Å². The summed E-state index contributed by atoms with van der Waals surface area (Å²) < 4.78 is 16.9. The lowest BCUT2D eigenvalue weighted by molar-refractivity contribution is -0.137. The Morgan fingerprint density at radius 3 is 2.58 bits per heavy atom. The maximum absolute atomic E-state index is 12.0. The van der Waals surface area contributed by atoms with Gasteiger partial charge in [0.05, 0.1) is 19.7 Å². The first-order chi connectivity index (χ1) is 11.5. The number of carbonyl (C=O) groups is 1. The van der Waals surface area contributed by atoms with Crippen molar-refractivity contribution in [2.75, 3.05) is 14.2 Å². The predicted molar refractivity (Wildman–Crippen MR) is 86.6 cm³/mol. The Morgan fingerprint density at radius 1 is 1.17 bits per heavy atom. The van der Waals surface area contributed by atoms with Gasteiger partial charge in [0.15, 0.2) is 17.1 Å². The molecule has 0 fully saturated rings. The zero-order chi connectivity index (χ0) is 17.3. The van der Waals surface area contributed by atoms with Crippen molar-refractivity contribution in [2.24, 2.45) is 0 Å². The number of hydrogen-bond acceptors (Lipinski definition) is 5. The molecule has 0 unspecified atom stereocenters. The van der Waals surface area contributed by atoms with Crippen molar-refractivity contribution in [1.29, 1.82) is 0 Å². The standard InChI is InChI=1S/C17H15NO6/c1-22-13-7-6-10(8-14(13)23-2)11-4-3-5-12-16(11)24-17(21)18(12)9-15(19)20/h3-8H,9H2,1-2H3,(H,19,20). The van der Waals surface area contributed by atoms with Crippen molar-refractivity contribution >= 4 is 17.1 Å². The number of aromatic nitrogens is 1. The number of aliphatic carboxylic acids is 1. The van der Waals surface area contributed by atoms with Crippen LogP contribution in [-0.4, -0.2) is 29.9 Å². The van der Waals surface area contributed by atoms with Gasteiger partial charge < -0.3 is 19.0 Å². The lowest BCUT2D eigenvalue weighted by Gasteiger charge is -2.10. The Balaban J connectivity index is 2.21. The van der Waals surface area contributed by atoms with E-state index in [9.17, 15) is 9.59 Å². The molecule has 3 rings (SSSR count). The van der Waals surface area contributed by atoms with Gasteiger partial charge in [0.25, 0.3) is 0 Å². The van der Waals surface area contributed by atoms with Gasteiger partial charge >= 0.3 is 11.7 Å². The molecule has 0 atom stereocenters. The second kappa shape index (κ2) is 6.11. The minimum absolute atomic E-state index is 0.330. The molecule has 0 radical (unpaired) electrons. The molecule has 2 aromatic carbocycles. The number of benzene rings is 2. The third-order valence-electron chi connectivity index (χ3n) is 3.68. The number of carboxylic acids is 1. The van der Waals surface area contributed by atoms with Gasteiger partial charge in [0.1, 0.15) is 6.54 Å². The number of nitrogens with zero attached hydrogens (tertiary/aromatic N) is 1. The van der Waals surface area contributed by atoms with Crippen LogP contribution in [-0.2, 0) is 11.3 Å². The van der Waals surface area contributed by atoms with Gasteiger partial charge in [0.2, 0.25) is 0 Å². The van der Waals surface area contributed by atoms with Crippen LogP contribution < -0.4 is 15.2 Å². The van der Waals surface area contributed by atoms with E-state index in [1.165, 1.54) is 7.11 Å². The van der Waals surface area contributed by atoms with Gasteiger partial charge in [-0.25, -0.2) is 4.79 Å². The summed E-state index contributed by atoms with van der Waals surface area (Å²) in [4.78, 5) is 22.9. The largest absolute Gasteiger partial charge is 0.493 e. The van der Waals surface area contributed by atoms with Gasteiger partial charge in [0, 0.05) is 5.56 Å². The zero-order valence-corrected chi connectivity index (χ0v) is 13.1. The Hall–Kier alpha value is -3.22. The van der Waals surface area contributed by atoms with E-state index in [0.29, 0.717) is 28.2 Å². The molecule has 0 saturated carbocycles. The summed E-state index contributed by atoms with van der Waals surface area (Å²) in [7, 11) is 3.08. The van der Waals surface area contributed by atoms with Gasteiger partial charge in [-0.1, -0.05) is 18.2 Å². The topological polar surface area (TPSA) is 90.9 Å². The highest BCUT2D eigenvalue weighted by molar-refractivity contribution is 5.91. The SMILES string of the molecule is COc1ccc(-c2cccc3c2oc(=O)n3CC(=O)O)cc1OC. The lowest BCUT2D eigenvalue weighted by atomic mass is 10.0. The number of methoxy groups -OCH3 is 2. The van der Waals surface area contributed by atoms with E-state index >= 15 is 0 Å². The molecule has 0 spiro atoms. The van der Waals surface area contributed by atoms with Gasteiger partial charge in [-0.15, -0.1) is 0 Å². The first-order valence-corrected chi connectivity index (χ1v) is 7.11. The Bertz CT molecular complexity index is 969. The van der Waals surface area contributed by atoms with Crippen LogP contribution in [0.3, 0.4) is 0 Å². The summed E-state index contributed by atoms with van der Waals surface area (Å²) >= 11 is 0. The molecule has 0 aliphatic rings. The Labute approximate surface area is 136 Å². The van der Waals surface area contributed by atoms with Crippen LogP contribution in [0.4, 0.5) is 0 Å². The van der Waals surface area contributed by atoms with E-state index in [2.05, 4.69) is 0 Å². The average Bonchev–Trinajstić information content (AvgIpc) is 2.89. The molecule has 24 heavy (non-hydrogen) atoms. The monoisotopic (exact) mass is 329 g/mol. The van der Waals surface area contributed by atoms with Gasteiger partial charge in [-0.05, 0) is 23.8 Å². The molecule has 1 aromatic heterocycles. The summed E-state index contributed by atoms with van der Waals surface area (Å²) in [5, 5.41) is 8.95. The average molecular weight is 329 g/mol. The second-order valence-corrected chi connectivity index (χ2v) is 5.07. The summed E-state index contributed by atoms with van der Waals surface area (Å²) in [6.07, 6.45) is 0. The van der Waals surface area contributed by atoms with Crippen molar-refractivity contribution < 1.29 is 23.8 Å². The summed E-state index contributed by atoms with van der Waals surface area (Å²) in [5.41, 5.74) is 2.18. The normalized spacial score (nSPS) is 10.8. The molecule has 0 saturated heterocycles. The molecule has 0 aliphatic heterocycles. The molecule has 0 bridgehead atoms. The number of carboxylic acid groups (broad SMARTS) is 1. The third-order valence-corrected chi connectivity index (χ3v) is 3.68. The maximum Gasteiger partial charge on any atom is 0.420 e. The number of para-hydroxylation sites is 1. The Morgan fingerprint density at radius 2 is 1.92 bits per heavy atom. The zero-order valence-electron chi connectivity index (χ0n) is 13.1. The lowest BCUT2D eigenvalue weighted by Crippen LogP contribution is -2.19. The fourth-order valence-corrected chi connectivity index (χ4v) is 2.60. The predicted octanol–water partition coefficient (Wildman–Crippen LogP) is 2.36. The van der Waals surface area contributed by atoms with Crippen LogP contribution in [0.2, 0.25) is 0 Å². The molecular formula is C17H15NO6. The smallest absolute Gasteiger partial charge is 0.420 e. The maximum atomic E-state index is 12.0. The summed E-state index contributed by atoms with van der Waals surface area (Å²) in [6, 6.07) is 10.5. The second-order valence-electron chi connectivity index (χ2n) is 5.07. The molecule has 3 aromatic rings. The number of rotatable bonds is 5. The Kier molecular flexibility index (Phi) is 3.99. The number of ether oxygens (including phenoxy) is 2. The van der Waals surface area contributed by atoms with Crippen LogP contribution in [0.5, 0.6) is 11.5 Å². The molecule has 0 amide bonds. The number of oxazole rings is 1. The van der Waals surface area contributed by atoms with E-state index < -0.39 is 18.3 Å². The first kappa shape index (κ1) is 15.7. The van der Waals surface area contributed by atoms with E-state index in [4.69, 9.17) is 19.0 Å². The molecule has 1 N–H and O–H groups in total. The van der Waals surface area contributed by atoms with Crippen LogP contribution in [0.1, 0.15) is 0 Å². The van der Waals surface area contributed by atoms with Crippen molar-refractivity contribution in [3.05, 3.63) is 46.9 Å². The quantitative estimate of drug-likeness (QED) is 0.773. The highest BCUT2D eigenvalue weighted by Crippen LogP contribution is 2.35. The summed E-state index contributed by atoms with van der Waals surface area (Å²) in [6.45, 7) is -0.457. The molecule has 7 heteroatoms. The number of hydrogen-bond donors (Lipinski definition) is 1. The number of fused-ring (bicyclic) bond motifs is 1. The van der Waals surface area contributed by atoms with Crippen LogP contribution in [0.25, 0.3) is 22.2 Å². The van der Waals surface area contributed by atoms with Crippen molar-refractivity contribution in [3.63, 3.8) is 0 Å². The molecular weight excluding hydrogens is 314 g/mol. The molecule has 1 heterocycles. The van der Waals surface area contributed by atoms with E-state index in [-0.39, 0.29) is 0 Å². The van der Waals surface area contributed by atoms with E-state index in [1.807, 2.05) is 6.07 Å². The van der Waals surface area contributed by atoms with Crippen LogP contribution in [0.15, 0.2) is 45.6 Å². The van der Waals surface area contributed by atoms with Gasteiger partial charge in [-0.3, -0.25) is 9.36 Å². The molecule has 124 valence electrons. The van der Waals surface area contributed by atoms with Crippen molar-refractivity contribution in [3.8, 4) is 22.6 Å². The summed E-state index contributed by atoms with van der Waals surface area (Å²) in [5.74, 6) is -0.700. The third kappa shape index (κ3) is 2.60. The first-order valence-electron chi connectivity index (χ1n) is 7.11. The van der Waals surface area contributed by atoms with E-state index in [0.717, 1.165) is 10.1 Å². The minimum atomic E-state index is -1.11. The molecule has 0 aliphatic carbocycles. The van der Waals surface area contributed by atoms with Crippen LogP contribution in [0, 0.1) is 0 Å². The highest BCUT2D eigenvalue weighted by Gasteiger charge is 2.16. The fraction of sp³-hybridized carbons (Fsp3) is 0.176. The highest BCUT2D eigenvalue weighted by atomic mass is 16.5. The molecule has 7 nitrogen and oxygen atoms in total.